The fourth-order valence-electron chi connectivity index (χ4n) is 3.07. The highest BCUT2D eigenvalue weighted by Gasteiger charge is 2.27. The van der Waals surface area contributed by atoms with Crippen molar-refractivity contribution in [3.8, 4) is 0 Å². The van der Waals surface area contributed by atoms with E-state index < -0.39 is 0 Å². The van der Waals surface area contributed by atoms with E-state index in [1.165, 1.54) is 0 Å². The topological polar surface area (TPSA) is 51.5 Å². The quantitative estimate of drug-likeness (QED) is 0.814. The molecule has 2 aromatic rings. The third-order valence-corrected chi connectivity index (χ3v) is 4.23. The number of amides is 1. The van der Waals surface area contributed by atoms with Gasteiger partial charge in [-0.3, -0.25) is 9.59 Å². The molecule has 1 aromatic carbocycles. The summed E-state index contributed by atoms with van der Waals surface area (Å²) in [6.07, 6.45) is 3.34. The van der Waals surface area contributed by atoms with Gasteiger partial charge in [0, 0.05) is 35.8 Å². The third kappa shape index (κ3) is 2.52. The second-order valence-corrected chi connectivity index (χ2v) is 5.49. The minimum atomic E-state index is -0.281. The van der Waals surface area contributed by atoms with Crippen molar-refractivity contribution in [2.45, 2.75) is 19.4 Å². The van der Waals surface area contributed by atoms with Crippen LogP contribution in [0.1, 0.15) is 29.7 Å². The van der Waals surface area contributed by atoms with E-state index in [2.05, 4.69) is 0 Å². The fraction of sp³-hybridized carbons (Fsp3) is 0.412. The number of morpholine rings is 1. The van der Waals surface area contributed by atoms with Crippen LogP contribution in [0.2, 0.25) is 0 Å². The van der Waals surface area contributed by atoms with Gasteiger partial charge in [0.2, 0.25) is 5.91 Å². The molecule has 1 amide bonds. The van der Waals surface area contributed by atoms with Gasteiger partial charge in [-0.1, -0.05) is 25.1 Å². The molecule has 1 aromatic heterocycles. The molecule has 1 aliphatic rings. The Labute approximate surface area is 129 Å². The summed E-state index contributed by atoms with van der Waals surface area (Å²) in [5, 5.41) is 0.894. The Balaban J connectivity index is 1.99. The highest BCUT2D eigenvalue weighted by atomic mass is 16.5. The van der Waals surface area contributed by atoms with Gasteiger partial charge in [-0.05, 0) is 12.5 Å². The van der Waals surface area contributed by atoms with Crippen LogP contribution in [-0.2, 0) is 9.53 Å². The Morgan fingerprint density at radius 3 is 2.73 bits per heavy atom. The first-order valence-corrected chi connectivity index (χ1v) is 7.67. The summed E-state index contributed by atoms with van der Waals surface area (Å²) in [6, 6.07) is 7.43. The van der Waals surface area contributed by atoms with E-state index in [4.69, 9.17) is 4.74 Å². The molecule has 0 spiro atoms. The molecule has 5 nitrogen and oxygen atoms in total. The Morgan fingerprint density at radius 2 is 2.05 bits per heavy atom. The van der Waals surface area contributed by atoms with Gasteiger partial charge in [0.1, 0.15) is 6.04 Å². The molecule has 2 heterocycles. The van der Waals surface area contributed by atoms with Crippen LogP contribution in [0.25, 0.3) is 10.9 Å². The van der Waals surface area contributed by atoms with Gasteiger partial charge >= 0.3 is 0 Å². The molecule has 116 valence electrons. The zero-order valence-corrected chi connectivity index (χ0v) is 12.7. The Kier molecular flexibility index (Phi) is 4.24. The maximum atomic E-state index is 12.8. The number of carbonyl (C=O) groups excluding carboxylic acids is 2. The molecule has 22 heavy (non-hydrogen) atoms. The second kappa shape index (κ2) is 6.32. The lowest BCUT2D eigenvalue weighted by atomic mass is 10.1. The fourth-order valence-corrected chi connectivity index (χ4v) is 3.07. The largest absolute Gasteiger partial charge is 0.378 e. The van der Waals surface area contributed by atoms with Gasteiger partial charge in [-0.15, -0.1) is 0 Å². The minimum Gasteiger partial charge on any atom is -0.378 e. The molecule has 0 bridgehead atoms. The summed E-state index contributed by atoms with van der Waals surface area (Å²) < 4.78 is 7.26. The summed E-state index contributed by atoms with van der Waals surface area (Å²) >= 11 is 0. The Morgan fingerprint density at radius 1 is 1.32 bits per heavy atom. The summed E-state index contributed by atoms with van der Waals surface area (Å²) in [4.78, 5) is 26.0. The zero-order valence-electron chi connectivity index (χ0n) is 12.7. The van der Waals surface area contributed by atoms with Crippen molar-refractivity contribution in [2.75, 3.05) is 26.3 Å². The maximum absolute atomic E-state index is 12.8. The van der Waals surface area contributed by atoms with Gasteiger partial charge in [0.25, 0.3) is 0 Å². The molecule has 0 unspecified atom stereocenters. The lowest BCUT2D eigenvalue weighted by Crippen LogP contribution is -2.44. The SMILES string of the molecule is CC[C@@H](C(=O)N1CCOCC1)n1cc(C=O)c2ccccc21. The number of ether oxygens (including phenoxy) is 1. The van der Waals surface area contributed by atoms with Gasteiger partial charge in [0.05, 0.1) is 13.2 Å². The van der Waals surface area contributed by atoms with Crippen molar-refractivity contribution in [3.05, 3.63) is 36.0 Å². The van der Waals surface area contributed by atoms with Gasteiger partial charge in [-0.25, -0.2) is 0 Å². The highest BCUT2D eigenvalue weighted by Crippen LogP contribution is 2.26. The van der Waals surface area contributed by atoms with Crippen LogP contribution in [0.3, 0.4) is 0 Å². The molecule has 0 radical (unpaired) electrons. The Bertz CT molecular complexity index is 686. The van der Waals surface area contributed by atoms with Crippen LogP contribution in [0, 0.1) is 0 Å². The highest BCUT2D eigenvalue weighted by molar-refractivity contribution is 5.98. The van der Waals surface area contributed by atoms with E-state index in [0.29, 0.717) is 38.3 Å². The smallest absolute Gasteiger partial charge is 0.245 e. The zero-order chi connectivity index (χ0) is 15.5. The number of hydrogen-bond donors (Lipinski definition) is 0. The lowest BCUT2D eigenvalue weighted by Gasteiger charge is -2.31. The van der Waals surface area contributed by atoms with Crippen molar-refractivity contribution < 1.29 is 14.3 Å². The lowest BCUT2D eigenvalue weighted by molar-refractivity contribution is -0.138. The normalized spacial score (nSPS) is 16.7. The van der Waals surface area contributed by atoms with E-state index in [9.17, 15) is 9.59 Å². The summed E-state index contributed by atoms with van der Waals surface area (Å²) in [6.45, 7) is 4.45. The van der Waals surface area contributed by atoms with E-state index in [-0.39, 0.29) is 11.9 Å². The molecule has 3 rings (SSSR count). The van der Waals surface area contributed by atoms with Gasteiger partial charge < -0.3 is 14.2 Å². The first-order valence-electron chi connectivity index (χ1n) is 7.67. The van der Waals surface area contributed by atoms with Crippen LogP contribution >= 0.6 is 0 Å². The number of para-hydroxylation sites is 1. The summed E-state index contributed by atoms with van der Waals surface area (Å²) in [5.74, 6) is 0.101. The molecule has 1 aliphatic heterocycles. The Hall–Kier alpha value is -2.14. The van der Waals surface area contributed by atoms with Crippen LogP contribution in [-0.4, -0.2) is 48.0 Å². The number of carbonyl (C=O) groups is 2. The summed E-state index contributed by atoms with van der Waals surface area (Å²) in [7, 11) is 0. The molecule has 0 aliphatic carbocycles. The monoisotopic (exact) mass is 300 g/mol. The van der Waals surface area contributed by atoms with E-state index in [0.717, 1.165) is 17.2 Å². The standard InChI is InChI=1S/C17H20N2O3/c1-2-15(17(21)18-7-9-22-10-8-18)19-11-13(12-20)14-5-3-4-6-16(14)19/h3-6,11-12,15H,2,7-10H2,1H3/t15-/m0/s1. The van der Waals surface area contributed by atoms with Crippen molar-refractivity contribution in [2.24, 2.45) is 0 Å². The van der Waals surface area contributed by atoms with Crippen LogP contribution in [0.4, 0.5) is 0 Å². The molecule has 5 heteroatoms. The molecular formula is C17H20N2O3. The number of fused-ring (bicyclic) bond motifs is 1. The first kappa shape index (κ1) is 14.8. The van der Waals surface area contributed by atoms with Crippen molar-refractivity contribution in [1.29, 1.82) is 0 Å². The predicted molar refractivity (Wildman–Crippen MR) is 84.1 cm³/mol. The predicted octanol–water partition coefficient (Wildman–Crippen LogP) is 2.26. The van der Waals surface area contributed by atoms with Crippen molar-refractivity contribution in [1.82, 2.24) is 9.47 Å². The molecule has 1 atom stereocenters. The second-order valence-electron chi connectivity index (χ2n) is 5.49. The summed E-state index contributed by atoms with van der Waals surface area (Å²) in [5.41, 5.74) is 1.56. The van der Waals surface area contributed by atoms with Gasteiger partial charge in [-0.2, -0.15) is 0 Å². The average Bonchev–Trinajstić information content (AvgIpc) is 2.95. The number of rotatable bonds is 4. The number of aldehydes is 1. The number of nitrogens with zero attached hydrogens (tertiary/aromatic N) is 2. The molecule has 0 saturated carbocycles. The maximum Gasteiger partial charge on any atom is 0.245 e. The van der Waals surface area contributed by atoms with Crippen LogP contribution < -0.4 is 0 Å². The van der Waals surface area contributed by atoms with Gasteiger partial charge in [0.15, 0.2) is 6.29 Å². The van der Waals surface area contributed by atoms with E-state index in [1.807, 2.05) is 40.7 Å². The van der Waals surface area contributed by atoms with Crippen LogP contribution in [0.15, 0.2) is 30.5 Å². The number of hydrogen-bond acceptors (Lipinski definition) is 3. The van der Waals surface area contributed by atoms with E-state index >= 15 is 0 Å². The first-order chi connectivity index (χ1) is 10.8. The number of aromatic nitrogens is 1. The number of benzene rings is 1. The minimum absolute atomic E-state index is 0.101. The van der Waals surface area contributed by atoms with E-state index in [1.54, 1.807) is 6.20 Å². The third-order valence-electron chi connectivity index (χ3n) is 4.23. The molecular weight excluding hydrogens is 280 g/mol. The molecule has 1 fully saturated rings. The average molecular weight is 300 g/mol. The molecule has 1 saturated heterocycles. The van der Waals surface area contributed by atoms with Crippen molar-refractivity contribution in [3.63, 3.8) is 0 Å². The van der Waals surface area contributed by atoms with Crippen LogP contribution in [0.5, 0.6) is 0 Å². The molecule has 0 N–H and O–H groups in total. The van der Waals surface area contributed by atoms with Crippen molar-refractivity contribution >= 4 is 23.1 Å².